The summed E-state index contributed by atoms with van der Waals surface area (Å²) in [7, 11) is 2.06. The minimum atomic E-state index is -0.431. The van der Waals surface area contributed by atoms with Crippen molar-refractivity contribution >= 4 is 5.78 Å². The molecule has 27 heavy (non-hydrogen) atoms. The molecule has 0 N–H and O–H groups in total. The molecule has 1 atom stereocenters. The van der Waals surface area contributed by atoms with Gasteiger partial charge in [0.1, 0.15) is 6.10 Å². The van der Waals surface area contributed by atoms with Gasteiger partial charge in [0.15, 0.2) is 5.78 Å². The number of hydrogen-bond donors (Lipinski definition) is 0. The summed E-state index contributed by atoms with van der Waals surface area (Å²) < 4.78 is 11.8. The van der Waals surface area contributed by atoms with Gasteiger partial charge in [0, 0.05) is 18.7 Å². The number of carbonyl (C=O) groups excluding carboxylic acids is 1. The maximum atomic E-state index is 13.0. The van der Waals surface area contributed by atoms with Gasteiger partial charge in [0.05, 0.1) is 19.8 Å². The molecule has 2 aromatic carbocycles. The molecule has 0 amide bonds. The first-order valence-electron chi connectivity index (χ1n) is 9.41. The molecule has 0 aliphatic carbocycles. The van der Waals surface area contributed by atoms with Gasteiger partial charge in [0.25, 0.3) is 0 Å². The lowest BCUT2D eigenvalue weighted by molar-refractivity contribution is -0.129. The number of ketones is 1. The average Bonchev–Trinajstić information content (AvgIpc) is 2.71. The number of nitrogens with zero attached hydrogens (tertiary/aromatic N) is 1. The zero-order valence-electron chi connectivity index (χ0n) is 15.8. The highest BCUT2D eigenvalue weighted by atomic mass is 16.5. The third kappa shape index (κ3) is 6.14. The van der Waals surface area contributed by atoms with E-state index in [0.29, 0.717) is 31.8 Å². The number of Topliss-reactive ketones (excluding diaryl/α,β-unsaturated/α-hetero) is 1. The van der Waals surface area contributed by atoms with E-state index in [1.54, 1.807) is 0 Å². The van der Waals surface area contributed by atoms with Gasteiger partial charge in [-0.3, -0.25) is 4.79 Å². The Morgan fingerprint density at radius 1 is 0.926 bits per heavy atom. The maximum Gasteiger partial charge on any atom is 0.189 e. The van der Waals surface area contributed by atoms with Crippen LogP contribution in [0.1, 0.15) is 17.5 Å². The summed E-state index contributed by atoms with van der Waals surface area (Å²) in [6.45, 7) is 2.84. The molecule has 142 valence electrons. The summed E-state index contributed by atoms with van der Waals surface area (Å²) in [6.07, 6.45) is 2.24. The smallest absolute Gasteiger partial charge is 0.189 e. The van der Waals surface area contributed by atoms with Gasteiger partial charge >= 0.3 is 0 Å². The lowest BCUT2D eigenvalue weighted by Crippen LogP contribution is -2.35. The summed E-state index contributed by atoms with van der Waals surface area (Å²) in [4.78, 5) is 15.2. The highest BCUT2D eigenvalue weighted by Gasteiger charge is 2.25. The van der Waals surface area contributed by atoms with Gasteiger partial charge in [-0.15, -0.1) is 0 Å². The molecule has 0 fully saturated rings. The highest BCUT2D eigenvalue weighted by Crippen LogP contribution is 2.15. The van der Waals surface area contributed by atoms with Crippen molar-refractivity contribution in [2.45, 2.75) is 25.7 Å². The van der Waals surface area contributed by atoms with Gasteiger partial charge in [-0.25, -0.2) is 0 Å². The normalized spacial score (nSPS) is 20.6. The van der Waals surface area contributed by atoms with Crippen LogP contribution in [0.5, 0.6) is 0 Å². The Morgan fingerprint density at radius 2 is 1.56 bits per heavy atom. The molecule has 0 aromatic heterocycles. The fourth-order valence-electron chi connectivity index (χ4n) is 3.05. The van der Waals surface area contributed by atoms with E-state index in [4.69, 9.17) is 9.47 Å². The van der Waals surface area contributed by atoms with Crippen molar-refractivity contribution in [2.24, 2.45) is 0 Å². The second kappa shape index (κ2) is 10.2. The molecule has 3 rings (SSSR count). The molecular weight excluding hydrogens is 338 g/mol. The quantitative estimate of drug-likeness (QED) is 0.751. The first-order valence-corrected chi connectivity index (χ1v) is 9.41. The second-order valence-electron chi connectivity index (χ2n) is 6.91. The van der Waals surface area contributed by atoms with Gasteiger partial charge in [0.2, 0.25) is 0 Å². The number of likely N-dealkylation sites (N-methyl/N-ethyl adjacent to an activating group) is 1. The van der Waals surface area contributed by atoms with Crippen molar-refractivity contribution in [3.05, 3.63) is 83.4 Å². The van der Waals surface area contributed by atoms with Crippen LogP contribution in [0, 0.1) is 0 Å². The van der Waals surface area contributed by atoms with Crippen LogP contribution in [0.4, 0.5) is 0 Å². The number of benzene rings is 2. The molecule has 1 aliphatic rings. The monoisotopic (exact) mass is 365 g/mol. The van der Waals surface area contributed by atoms with Crippen molar-refractivity contribution in [3.63, 3.8) is 0 Å². The van der Waals surface area contributed by atoms with Crippen molar-refractivity contribution in [2.75, 3.05) is 26.7 Å². The van der Waals surface area contributed by atoms with E-state index in [2.05, 4.69) is 11.9 Å². The summed E-state index contributed by atoms with van der Waals surface area (Å²) in [5.74, 6) is 0.0482. The Morgan fingerprint density at radius 3 is 2.22 bits per heavy atom. The molecule has 0 bridgehead atoms. The van der Waals surface area contributed by atoms with E-state index in [0.717, 1.165) is 24.2 Å². The Hall–Kier alpha value is -2.27. The summed E-state index contributed by atoms with van der Waals surface area (Å²) in [6, 6.07) is 20.0. The van der Waals surface area contributed by atoms with Crippen LogP contribution in [-0.2, 0) is 27.5 Å². The SMILES string of the molecule is CN1C/C=C(/COCc2ccccc2)C(=O)C(OCc2ccccc2)CC1. The van der Waals surface area contributed by atoms with E-state index in [1.807, 2.05) is 66.7 Å². The largest absolute Gasteiger partial charge is 0.372 e. The van der Waals surface area contributed by atoms with Gasteiger partial charge < -0.3 is 14.4 Å². The Balaban J connectivity index is 1.60. The Labute approximate surface area is 161 Å². The molecule has 0 radical (unpaired) electrons. The van der Waals surface area contributed by atoms with Crippen LogP contribution in [0.25, 0.3) is 0 Å². The standard InChI is InChI=1S/C23H27NO3/c1-24-14-12-21(18-26-16-19-8-4-2-5-9-19)23(25)22(13-15-24)27-17-20-10-6-3-7-11-20/h2-12,22H,13-18H2,1H3/b21-12-. The van der Waals surface area contributed by atoms with Gasteiger partial charge in [-0.05, 0) is 24.6 Å². The van der Waals surface area contributed by atoms with E-state index in [9.17, 15) is 4.79 Å². The summed E-state index contributed by atoms with van der Waals surface area (Å²) in [5.41, 5.74) is 2.88. The lowest BCUT2D eigenvalue weighted by Gasteiger charge is -2.25. The number of ether oxygens (including phenoxy) is 2. The summed E-state index contributed by atoms with van der Waals surface area (Å²) >= 11 is 0. The molecule has 1 unspecified atom stereocenters. The minimum Gasteiger partial charge on any atom is -0.372 e. The van der Waals surface area contributed by atoms with Crippen LogP contribution >= 0.6 is 0 Å². The molecule has 1 aliphatic heterocycles. The predicted molar refractivity (Wildman–Crippen MR) is 106 cm³/mol. The van der Waals surface area contributed by atoms with Crippen LogP contribution in [0.15, 0.2) is 72.3 Å². The number of rotatable bonds is 7. The summed E-state index contributed by atoms with van der Waals surface area (Å²) in [5, 5.41) is 0. The topological polar surface area (TPSA) is 38.8 Å². The third-order valence-corrected chi connectivity index (χ3v) is 4.69. The molecule has 0 saturated heterocycles. The lowest BCUT2D eigenvalue weighted by atomic mass is 10.0. The van der Waals surface area contributed by atoms with Gasteiger partial charge in [-0.2, -0.15) is 0 Å². The fraction of sp³-hybridized carbons (Fsp3) is 0.348. The zero-order valence-corrected chi connectivity index (χ0v) is 15.8. The van der Waals surface area contributed by atoms with Crippen molar-refractivity contribution in [1.29, 1.82) is 0 Å². The van der Waals surface area contributed by atoms with E-state index in [-0.39, 0.29) is 5.78 Å². The molecule has 2 aromatic rings. The van der Waals surface area contributed by atoms with E-state index in [1.165, 1.54) is 0 Å². The number of carbonyl (C=O) groups is 1. The maximum absolute atomic E-state index is 13.0. The molecular formula is C23H27NO3. The average molecular weight is 365 g/mol. The van der Waals surface area contributed by atoms with Crippen molar-refractivity contribution in [1.82, 2.24) is 4.90 Å². The fourth-order valence-corrected chi connectivity index (χ4v) is 3.05. The Bertz CT molecular complexity index is 743. The molecule has 4 heteroatoms. The third-order valence-electron chi connectivity index (χ3n) is 4.69. The molecule has 0 spiro atoms. The minimum absolute atomic E-state index is 0.0482. The molecule has 4 nitrogen and oxygen atoms in total. The van der Waals surface area contributed by atoms with Crippen LogP contribution in [-0.4, -0.2) is 43.5 Å². The number of hydrogen-bond acceptors (Lipinski definition) is 4. The molecule has 0 saturated carbocycles. The first-order chi connectivity index (χ1) is 13.2. The van der Waals surface area contributed by atoms with Crippen LogP contribution in [0.2, 0.25) is 0 Å². The van der Waals surface area contributed by atoms with Crippen LogP contribution in [0.3, 0.4) is 0 Å². The van der Waals surface area contributed by atoms with E-state index >= 15 is 0 Å². The predicted octanol–water partition coefficient (Wildman–Crippen LogP) is 3.62. The van der Waals surface area contributed by atoms with Crippen molar-refractivity contribution < 1.29 is 14.3 Å². The first kappa shape index (κ1) is 19.5. The second-order valence-corrected chi connectivity index (χ2v) is 6.91. The highest BCUT2D eigenvalue weighted by molar-refractivity contribution is 5.99. The van der Waals surface area contributed by atoms with E-state index < -0.39 is 6.10 Å². The molecule has 1 heterocycles. The van der Waals surface area contributed by atoms with Gasteiger partial charge in [-0.1, -0.05) is 66.7 Å². The zero-order chi connectivity index (χ0) is 18.9. The Kier molecular flexibility index (Phi) is 7.34. The van der Waals surface area contributed by atoms with Crippen LogP contribution < -0.4 is 0 Å². The van der Waals surface area contributed by atoms with Crippen molar-refractivity contribution in [3.8, 4) is 0 Å².